The topological polar surface area (TPSA) is 171 Å². The van der Waals surface area contributed by atoms with Crippen molar-refractivity contribution in [1.82, 2.24) is 15.3 Å². The van der Waals surface area contributed by atoms with E-state index in [-0.39, 0.29) is 11.8 Å². The van der Waals surface area contributed by atoms with Crippen molar-refractivity contribution in [2.45, 2.75) is 53.4 Å². The summed E-state index contributed by atoms with van der Waals surface area (Å²) in [5.41, 5.74) is 5.95. The van der Waals surface area contributed by atoms with Gasteiger partial charge in [-0.3, -0.25) is 9.59 Å². The molecule has 0 radical (unpaired) electrons. The van der Waals surface area contributed by atoms with Gasteiger partial charge in [-0.2, -0.15) is 10.5 Å². The Morgan fingerprint density at radius 1 is 0.776 bits per heavy atom. The molecular weight excluding hydrogens is 733 g/mol. The molecule has 12 heteroatoms. The minimum absolute atomic E-state index is 0.0104. The lowest BCUT2D eigenvalue weighted by Crippen LogP contribution is -2.21. The Kier molecular flexibility index (Phi) is 17.0. The van der Waals surface area contributed by atoms with E-state index in [9.17, 15) is 14.9 Å². The molecule has 0 unspecified atom stereocenters. The summed E-state index contributed by atoms with van der Waals surface area (Å²) < 4.78 is 21.4. The Morgan fingerprint density at radius 2 is 1.34 bits per heavy atom. The van der Waals surface area contributed by atoms with Gasteiger partial charge in [0.1, 0.15) is 58.4 Å². The number of hydrogen-bond donors (Lipinski definition) is 1. The van der Waals surface area contributed by atoms with Crippen LogP contribution in [0.15, 0.2) is 132 Å². The number of hydrogen-bond acceptors (Lipinski definition) is 12. The molecule has 298 valence electrons. The minimum Gasteiger partial charge on any atom is -0.467 e. The number of nitrogens with one attached hydrogen (secondary N) is 1. The first-order valence-electron chi connectivity index (χ1n) is 18.8. The Bertz CT molecular complexity index is 2380. The van der Waals surface area contributed by atoms with Crippen molar-refractivity contribution in [2.75, 3.05) is 32.1 Å². The van der Waals surface area contributed by atoms with Gasteiger partial charge in [0.25, 0.3) is 0 Å². The molecule has 0 bridgehead atoms. The van der Waals surface area contributed by atoms with E-state index in [1.807, 2.05) is 112 Å². The molecule has 0 aliphatic carbocycles. The zero-order chi connectivity index (χ0) is 41.9. The van der Waals surface area contributed by atoms with Crippen molar-refractivity contribution in [1.29, 1.82) is 10.5 Å². The number of aryl methyl sites for hydroxylation is 2. The number of carbonyl (C=O) groups is 1. The number of aldehydes is 1. The Morgan fingerprint density at radius 3 is 1.79 bits per heavy atom. The monoisotopic (exact) mass is 780 g/mol. The van der Waals surface area contributed by atoms with E-state index in [4.69, 9.17) is 23.3 Å². The van der Waals surface area contributed by atoms with Gasteiger partial charge in [-0.25, -0.2) is 9.97 Å². The SMILES string of the molecule is C1CCNCC1.CC1=CC(=C(C#N)c2nc3ccccc3o2)C=C(C)O1.CN(C)c1ccc(C=O)cc1.Cc1cc(=O)cc(C)o1.N#CCc1nc2ccccc2o1. The number of piperidine rings is 1. The molecule has 2 aliphatic heterocycles. The van der Waals surface area contributed by atoms with Gasteiger partial charge in [-0.05, 0) is 114 Å². The molecule has 1 N–H and O–H groups in total. The summed E-state index contributed by atoms with van der Waals surface area (Å²) in [6, 6.07) is 29.5. The fourth-order valence-electron chi connectivity index (χ4n) is 5.62. The first-order valence-corrected chi connectivity index (χ1v) is 18.8. The van der Waals surface area contributed by atoms with Gasteiger partial charge < -0.3 is 28.2 Å². The van der Waals surface area contributed by atoms with Gasteiger partial charge in [-0.1, -0.05) is 30.7 Å². The molecule has 1 saturated heterocycles. The largest absolute Gasteiger partial charge is 0.467 e. The van der Waals surface area contributed by atoms with Crippen LogP contribution in [0.5, 0.6) is 0 Å². The van der Waals surface area contributed by atoms with Crippen LogP contribution in [0.4, 0.5) is 5.69 Å². The summed E-state index contributed by atoms with van der Waals surface area (Å²) in [6.45, 7) is 9.71. The van der Waals surface area contributed by atoms with Gasteiger partial charge in [0.15, 0.2) is 16.6 Å². The number of nitriles is 2. The summed E-state index contributed by atoms with van der Waals surface area (Å²) >= 11 is 0. The molecule has 6 aromatic rings. The molecule has 8 rings (SSSR count). The number of rotatable bonds is 4. The van der Waals surface area contributed by atoms with Gasteiger partial charge in [0.2, 0.25) is 11.8 Å². The van der Waals surface area contributed by atoms with Crippen LogP contribution >= 0.6 is 0 Å². The number of nitrogens with zero attached hydrogens (tertiary/aromatic N) is 5. The lowest BCUT2D eigenvalue weighted by Gasteiger charge is -2.12. The predicted molar refractivity (Wildman–Crippen MR) is 226 cm³/mol. The van der Waals surface area contributed by atoms with Crippen LogP contribution in [0.1, 0.15) is 66.8 Å². The van der Waals surface area contributed by atoms with Crippen molar-refractivity contribution in [3.63, 3.8) is 0 Å². The standard InChI is InChI=1S/C16H12N2O2.C9H6N2O.C9H11NO.C7H8O2.C5H11N/c1-10-7-12(8-11(2)19-10)13(9-17)16-18-14-5-3-4-6-15(14)20-16;10-6-5-9-11-7-3-1-2-4-8(7)12-9;1-10(2)9-5-3-8(7-11)4-6-9;1-5-3-7(8)4-6(2)9-5;1-2-4-6-5-3-1/h3-8H,1-2H3;1-4H,5H2;3-7H,1-2H3;3-4H,1-2H3;6H,1-5H2. The van der Waals surface area contributed by atoms with Crippen LogP contribution in [-0.2, 0) is 11.2 Å². The summed E-state index contributed by atoms with van der Waals surface area (Å²) in [5, 5.41) is 21.1. The molecule has 0 amide bonds. The molecule has 2 aliphatic rings. The maximum absolute atomic E-state index is 10.7. The van der Waals surface area contributed by atoms with Crippen LogP contribution < -0.4 is 15.6 Å². The van der Waals surface area contributed by atoms with Crippen molar-refractivity contribution in [2.24, 2.45) is 0 Å². The van der Waals surface area contributed by atoms with E-state index in [1.54, 1.807) is 26.0 Å². The summed E-state index contributed by atoms with van der Waals surface area (Å²) in [6.07, 6.45) is 8.90. The minimum atomic E-state index is 0.0104. The number of carbonyl (C=O) groups excluding carboxylic acids is 1. The Balaban J connectivity index is 0.000000170. The molecule has 5 heterocycles. The quantitative estimate of drug-likeness (QED) is 0.133. The van der Waals surface area contributed by atoms with Crippen molar-refractivity contribution < 1.29 is 22.8 Å². The summed E-state index contributed by atoms with van der Waals surface area (Å²) in [7, 11) is 3.94. The number of fused-ring (bicyclic) bond motifs is 2. The third kappa shape index (κ3) is 13.9. The molecule has 58 heavy (non-hydrogen) atoms. The number of allylic oxidation sites excluding steroid dienone is 6. The number of anilines is 1. The molecule has 1 fully saturated rings. The van der Waals surface area contributed by atoms with Crippen molar-refractivity contribution >= 4 is 39.7 Å². The zero-order valence-electron chi connectivity index (χ0n) is 33.7. The first kappa shape index (κ1) is 43.7. The van der Waals surface area contributed by atoms with Crippen LogP contribution in [0, 0.1) is 36.5 Å². The van der Waals surface area contributed by atoms with E-state index in [1.165, 1.54) is 44.5 Å². The molecule has 3 aromatic heterocycles. The average molecular weight is 781 g/mol. The van der Waals surface area contributed by atoms with Crippen molar-refractivity contribution in [3.05, 3.63) is 153 Å². The highest BCUT2D eigenvalue weighted by molar-refractivity contribution is 5.83. The van der Waals surface area contributed by atoms with Gasteiger partial charge >= 0.3 is 0 Å². The molecule has 0 spiro atoms. The highest BCUT2D eigenvalue weighted by Crippen LogP contribution is 2.28. The van der Waals surface area contributed by atoms with Gasteiger partial charge in [0, 0.05) is 43.1 Å². The average Bonchev–Trinajstić information content (AvgIpc) is 3.83. The molecule has 3 aromatic carbocycles. The maximum Gasteiger partial charge on any atom is 0.238 e. The van der Waals surface area contributed by atoms with Crippen LogP contribution in [0.2, 0.25) is 0 Å². The highest BCUT2D eigenvalue weighted by Gasteiger charge is 2.16. The normalized spacial score (nSPS) is 12.7. The Hall–Kier alpha value is -7.02. The van der Waals surface area contributed by atoms with Crippen LogP contribution in [0.3, 0.4) is 0 Å². The van der Waals surface area contributed by atoms with Gasteiger partial charge in [0.05, 0.1) is 6.07 Å². The number of para-hydroxylation sites is 4. The third-order valence-electron chi connectivity index (χ3n) is 8.28. The number of aromatic nitrogens is 2. The lowest BCUT2D eigenvalue weighted by atomic mass is 10.1. The number of oxazole rings is 2. The second kappa shape index (κ2) is 22.5. The fraction of sp³-hybridized carbons (Fsp3) is 0.261. The third-order valence-corrected chi connectivity index (χ3v) is 8.28. The molecular formula is C46H48N6O6. The molecule has 0 atom stereocenters. The van der Waals surface area contributed by atoms with Crippen LogP contribution in [-0.4, -0.2) is 43.4 Å². The van der Waals surface area contributed by atoms with E-state index in [0.29, 0.717) is 34.5 Å². The number of benzene rings is 3. The first-order chi connectivity index (χ1) is 28.0. The zero-order valence-corrected chi connectivity index (χ0v) is 33.7. The van der Waals surface area contributed by atoms with Crippen LogP contribution in [0.25, 0.3) is 27.8 Å². The smallest absolute Gasteiger partial charge is 0.238 e. The molecule has 12 nitrogen and oxygen atoms in total. The predicted octanol–water partition coefficient (Wildman–Crippen LogP) is 9.42. The second-order valence-electron chi connectivity index (χ2n) is 13.4. The summed E-state index contributed by atoms with van der Waals surface area (Å²) in [4.78, 5) is 31.4. The second-order valence-corrected chi connectivity index (χ2v) is 13.4. The lowest BCUT2D eigenvalue weighted by molar-refractivity contribution is 0.112. The van der Waals surface area contributed by atoms with Crippen molar-refractivity contribution in [3.8, 4) is 12.1 Å². The van der Waals surface area contributed by atoms with E-state index >= 15 is 0 Å². The number of ether oxygens (including phenoxy) is 1. The fourth-order valence-corrected chi connectivity index (χ4v) is 5.62. The highest BCUT2D eigenvalue weighted by atomic mass is 16.5. The maximum atomic E-state index is 10.7. The van der Waals surface area contributed by atoms with E-state index < -0.39 is 0 Å². The van der Waals surface area contributed by atoms with E-state index in [2.05, 4.69) is 21.4 Å². The van der Waals surface area contributed by atoms with Gasteiger partial charge in [-0.15, -0.1) is 0 Å². The van der Waals surface area contributed by atoms with E-state index in [0.717, 1.165) is 51.2 Å². The summed E-state index contributed by atoms with van der Waals surface area (Å²) in [5.74, 6) is 3.63. The Labute approximate surface area is 338 Å². The molecule has 0 saturated carbocycles.